The van der Waals surface area contributed by atoms with Gasteiger partial charge >= 0.3 is 6.09 Å². The smallest absolute Gasteiger partial charge is 0.408 e. The van der Waals surface area contributed by atoms with Crippen molar-refractivity contribution in [1.29, 1.82) is 0 Å². The summed E-state index contributed by atoms with van der Waals surface area (Å²) >= 11 is 5.89. The van der Waals surface area contributed by atoms with Crippen LogP contribution in [0, 0.1) is 0 Å². The zero-order valence-corrected chi connectivity index (χ0v) is 12.2. The molecular formula is C14H18ClNO3. The maximum Gasteiger partial charge on any atom is 0.408 e. The van der Waals surface area contributed by atoms with Crippen LogP contribution in [0.25, 0.3) is 0 Å². The average Bonchev–Trinajstić information content (AvgIpc) is 2.26. The number of ether oxygens (including phenoxy) is 1. The summed E-state index contributed by atoms with van der Waals surface area (Å²) in [5.41, 5.74) is -1.20. The molecule has 1 aromatic carbocycles. The number of aldehydes is 1. The standard InChI is InChI=1S/C14H18ClNO3/c1-13(2,3)19-12(18)16-14(4,9-17)10-6-5-7-11(15)8-10/h5-9H,1-4H3,(H,16,18). The highest BCUT2D eigenvalue weighted by atomic mass is 35.5. The minimum Gasteiger partial charge on any atom is -0.444 e. The Hall–Kier alpha value is -1.55. The zero-order valence-electron chi connectivity index (χ0n) is 11.5. The molecule has 1 rings (SSSR count). The number of carbonyl (C=O) groups is 2. The Morgan fingerprint density at radius 3 is 2.42 bits per heavy atom. The van der Waals surface area contributed by atoms with Crippen molar-refractivity contribution in [3.05, 3.63) is 34.9 Å². The van der Waals surface area contributed by atoms with Crippen LogP contribution in [0.1, 0.15) is 33.3 Å². The predicted octanol–water partition coefficient (Wildman–Crippen LogP) is 3.28. The Balaban J connectivity index is 2.93. The number of hydrogen-bond donors (Lipinski definition) is 1. The molecule has 0 aliphatic carbocycles. The Morgan fingerprint density at radius 2 is 1.95 bits per heavy atom. The summed E-state index contributed by atoms with van der Waals surface area (Å²) in [6.07, 6.45) is 0.00448. The molecule has 1 atom stereocenters. The highest BCUT2D eigenvalue weighted by Gasteiger charge is 2.30. The van der Waals surface area contributed by atoms with Crippen LogP contribution in [0.4, 0.5) is 4.79 Å². The van der Waals surface area contributed by atoms with Crippen molar-refractivity contribution in [2.24, 2.45) is 0 Å². The van der Waals surface area contributed by atoms with Crippen LogP contribution in [0.3, 0.4) is 0 Å². The quantitative estimate of drug-likeness (QED) is 0.866. The van der Waals surface area contributed by atoms with E-state index in [1.165, 1.54) is 0 Å². The minimum atomic E-state index is -1.17. The van der Waals surface area contributed by atoms with E-state index in [2.05, 4.69) is 5.32 Å². The molecule has 0 fully saturated rings. The van der Waals surface area contributed by atoms with Gasteiger partial charge in [-0.25, -0.2) is 4.79 Å². The Morgan fingerprint density at radius 1 is 1.32 bits per heavy atom. The van der Waals surface area contributed by atoms with Crippen molar-refractivity contribution in [3.63, 3.8) is 0 Å². The highest BCUT2D eigenvalue weighted by Crippen LogP contribution is 2.22. The van der Waals surface area contributed by atoms with Gasteiger partial charge in [-0.05, 0) is 45.4 Å². The maximum atomic E-state index is 11.8. The lowest BCUT2D eigenvalue weighted by Crippen LogP contribution is -2.46. The van der Waals surface area contributed by atoms with Crippen molar-refractivity contribution in [2.75, 3.05) is 0 Å². The van der Waals surface area contributed by atoms with Crippen molar-refractivity contribution < 1.29 is 14.3 Å². The minimum absolute atomic E-state index is 0.497. The zero-order chi connectivity index (χ0) is 14.7. The van der Waals surface area contributed by atoms with E-state index in [1.807, 2.05) is 0 Å². The molecule has 0 saturated heterocycles. The highest BCUT2D eigenvalue weighted by molar-refractivity contribution is 6.30. The summed E-state index contributed by atoms with van der Waals surface area (Å²) in [4.78, 5) is 23.1. The second kappa shape index (κ2) is 5.61. The lowest BCUT2D eigenvalue weighted by atomic mass is 9.94. The number of hydrogen-bond acceptors (Lipinski definition) is 3. The van der Waals surface area contributed by atoms with E-state index in [1.54, 1.807) is 52.0 Å². The van der Waals surface area contributed by atoms with Gasteiger partial charge in [0.05, 0.1) is 0 Å². The molecule has 0 aromatic heterocycles. The number of rotatable bonds is 3. The molecule has 0 aliphatic heterocycles. The molecule has 0 spiro atoms. The van der Waals surface area contributed by atoms with Crippen molar-refractivity contribution in [1.82, 2.24) is 5.32 Å². The summed E-state index contributed by atoms with van der Waals surface area (Å²) < 4.78 is 5.15. The van der Waals surface area contributed by atoms with Gasteiger partial charge in [0.25, 0.3) is 0 Å². The van der Waals surface area contributed by atoms with E-state index in [-0.39, 0.29) is 0 Å². The molecule has 0 bridgehead atoms. The number of amides is 1. The number of carbonyl (C=O) groups excluding carboxylic acids is 2. The Kier molecular flexibility index (Phi) is 4.58. The fourth-order valence-electron chi connectivity index (χ4n) is 1.50. The molecule has 1 amide bonds. The van der Waals surface area contributed by atoms with Gasteiger partial charge in [-0.2, -0.15) is 0 Å². The first-order valence-electron chi connectivity index (χ1n) is 5.90. The van der Waals surface area contributed by atoms with Gasteiger partial charge in [0.15, 0.2) is 0 Å². The first-order chi connectivity index (χ1) is 8.66. The van der Waals surface area contributed by atoms with Crippen LogP contribution >= 0.6 is 11.6 Å². The molecule has 19 heavy (non-hydrogen) atoms. The summed E-state index contributed by atoms with van der Waals surface area (Å²) in [6.45, 7) is 6.86. The third-order valence-electron chi connectivity index (χ3n) is 2.42. The normalized spacial score (nSPS) is 14.4. The number of alkyl carbamates (subject to hydrolysis) is 1. The van der Waals surface area contributed by atoms with Crippen LogP contribution < -0.4 is 5.32 Å². The summed E-state index contributed by atoms with van der Waals surface area (Å²) in [5.74, 6) is 0. The fraction of sp³-hybridized carbons (Fsp3) is 0.429. The molecule has 0 radical (unpaired) electrons. The monoisotopic (exact) mass is 283 g/mol. The lowest BCUT2D eigenvalue weighted by molar-refractivity contribution is -0.113. The van der Waals surface area contributed by atoms with Crippen LogP contribution in [-0.4, -0.2) is 18.0 Å². The third kappa shape index (κ3) is 4.56. The second-order valence-electron chi connectivity index (χ2n) is 5.46. The Bertz CT molecular complexity index is 482. The summed E-state index contributed by atoms with van der Waals surface area (Å²) in [7, 11) is 0. The van der Waals surface area contributed by atoms with E-state index in [0.717, 1.165) is 0 Å². The van der Waals surface area contributed by atoms with Gasteiger partial charge in [0, 0.05) is 5.02 Å². The van der Waals surface area contributed by atoms with Gasteiger partial charge in [-0.3, -0.25) is 0 Å². The van der Waals surface area contributed by atoms with Crippen LogP contribution in [-0.2, 0) is 15.1 Å². The van der Waals surface area contributed by atoms with Gasteiger partial charge < -0.3 is 14.8 Å². The van der Waals surface area contributed by atoms with Gasteiger partial charge in [-0.15, -0.1) is 0 Å². The Labute approximate surface area is 118 Å². The topological polar surface area (TPSA) is 55.4 Å². The second-order valence-corrected chi connectivity index (χ2v) is 5.89. The van der Waals surface area contributed by atoms with Crippen molar-refractivity contribution in [2.45, 2.75) is 38.8 Å². The lowest BCUT2D eigenvalue weighted by Gasteiger charge is -2.28. The van der Waals surface area contributed by atoms with Crippen molar-refractivity contribution >= 4 is 24.0 Å². The first kappa shape index (κ1) is 15.5. The van der Waals surface area contributed by atoms with Crippen LogP contribution in [0.15, 0.2) is 24.3 Å². The van der Waals surface area contributed by atoms with Gasteiger partial charge in [-0.1, -0.05) is 23.7 Å². The number of halogens is 1. The van der Waals surface area contributed by atoms with E-state index in [9.17, 15) is 9.59 Å². The van der Waals surface area contributed by atoms with Gasteiger partial charge in [0.1, 0.15) is 17.4 Å². The van der Waals surface area contributed by atoms with Crippen LogP contribution in [0.5, 0.6) is 0 Å². The van der Waals surface area contributed by atoms with E-state index >= 15 is 0 Å². The van der Waals surface area contributed by atoms with Crippen LogP contribution in [0.2, 0.25) is 5.02 Å². The van der Waals surface area contributed by atoms with E-state index in [4.69, 9.17) is 16.3 Å². The largest absolute Gasteiger partial charge is 0.444 e. The maximum absolute atomic E-state index is 11.8. The molecule has 104 valence electrons. The molecule has 1 aromatic rings. The van der Waals surface area contributed by atoms with E-state index < -0.39 is 17.2 Å². The molecule has 0 aliphatic rings. The third-order valence-corrected chi connectivity index (χ3v) is 2.66. The van der Waals surface area contributed by atoms with E-state index in [0.29, 0.717) is 16.9 Å². The fourth-order valence-corrected chi connectivity index (χ4v) is 1.69. The van der Waals surface area contributed by atoms with Crippen molar-refractivity contribution in [3.8, 4) is 0 Å². The molecule has 1 unspecified atom stereocenters. The molecule has 1 N–H and O–H groups in total. The molecule has 4 nitrogen and oxygen atoms in total. The number of benzene rings is 1. The van der Waals surface area contributed by atoms with Gasteiger partial charge in [0.2, 0.25) is 0 Å². The SMILES string of the molecule is CC(C)(C)OC(=O)NC(C)(C=O)c1cccc(Cl)c1. The number of nitrogens with one attached hydrogen (secondary N) is 1. The molecule has 0 heterocycles. The predicted molar refractivity (Wildman–Crippen MR) is 74.2 cm³/mol. The molecule has 0 saturated carbocycles. The summed E-state index contributed by atoms with van der Waals surface area (Å²) in [5, 5.41) is 3.05. The summed E-state index contributed by atoms with van der Waals surface area (Å²) in [6, 6.07) is 6.77. The first-order valence-corrected chi connectivity index (χ1v) is 6.28. The molecule has 5 heteroatoms. The average molecular weight is 284 g/mol. The molecular weight excluding hydrogens is 266 g/mol.